The molecule has 0 aliphatic heterocycles. The van der Waals surface area contributed by atoms with Gasteiger partial charge in [0.25, 0.3) is 5.91 Å². The highest BCUT2D eigenvalue weighted by atomic mass is 35.5. The molecule has 2 heterocycles. The fourth-order valence-corrected chi connectivity index (χ4v) is 3.21. The standard InChI is InChI=1S/C22H19ClN6O/c1-14-19(15(2)29(28-14)18-6-4-3-5-7-18)13-24-27-22(30)21-12-20(25-26-21)16-8-10-17(23)11-9-16/h3-13H,1-2H3,(H,25,26)(H,27,30). The van der Waals surface area contributed by atoms with E-state index in [0.29, 0.717) is 16.4 Å². The van der Waals surface area contributed by atoms with Gasteiger partial charge in [0, 0.05) is 16.1 Å². The van der Waals surface area contributed by atoms with E-state index in [2.05, 4.69) is 25.8 Å². The van der Waals surface area contributed by atoms with E-state index >= 15 is 0 Å². The summed E-state index contributed by atoms with van der Waals surface area (Å²) in [7, 11) is 0. The van der Waals surface area contributed by atoms with Crippen molar-refractivity contribution in [1.29, 1.82) is 0 Å². The molecule has 4 rings (SSSR count). The average Bonchev–Trinajstić information content (AvgIpc) is 3.35. The lowest BCUT2D eigenvalue weighted by Crippen LogP contribution is -2.18. The second-order valence-corrected chi connectivity index (χ2v) is 7.14. The first-order chi connectivity index (χ1) is 14.5. The van der Waals surface area contributed by atoms with Gasteiger partial charge >= 0.3 is 0 Å². The van der Waals surface area contributed by atoms with E-state index in [9.17, 15) is 4.79 Å². The molecule has 0 fully saturated rings. The van der Waals surface area contributed by atoms with Crippen LogP contribution in [0.15, 0.2) is 65.8 Å². The molecule has 1 amide bonds. The van der Waals surface area contributed by atoms with Crippen molar-refractivity contribution in [3.05, 3.63) is 88.3 Å². The fraction of sp³-hybridized carbons (Fsp3) is 0.0909. The van der Waals surface area contributed by atoms with Crippen molar-refractivity contribution in [3.8, 4) is 16.9 Å². The summed E-state index contributed by atoms with van der Waals surface area (Å²) >= 11 is 5.91. The van der Waals surface area contributed by atoms with Gasteiger partial charge in [0.1, 0.15) is 5.69 Å². The first kappa shape index (κ1) is 19.6. The molecule has 0 atom stereocenters. The van der Waals surface area contributed by atoms with Gasteiger partial charge in [0.15, 0.2) is 0 Å². The van der Waals surface area contributed by atoms with E-state index in [1.165, 1.54) is 0 Å². The number of H-pyrrole nitrogens is 1. The Balaban J connectivity index is 1.47. The van der Waals surface area contributed by atoms with Crippen LogP contribution in [0.1, 0.15) is 27.4 Å². The third-order valence-electron chi connectivity index (χ3n) is 4.67. The fourth-order valence-electron chi connectivity index (χ4n) is 3.08. The molecule has 7 nitrogen and oxygen atoms in total. The largest absolute Gasteiger partial charge is 0.289 e. The van der Waals surface area contributed by atoms with E-state index in [4.69, 9.17) is 11.6 Å². The highest BCUT2D eigenvalue weighted by Gasteiger charge is 2.13. The van der Waals surface area contributed by atoms with Crippen molar-refractivity contribution in [2.75, 3.05) is 0 Å². The number of hydrogen-bond acceptors (Lipinski definition) is 4. The molecular formula is C22H19ClN6O. The highest BCUT2D eigenvalue weighted by molar-refractivity contribution is 6.30. The zero-order valence-corrected chi connectivity index (χ0v) is 17.2. The summed E-state index contributed by atoms with van der Waals surface area (Å²) in [6.45, 7) is 3.87. The Kier molecular flexibility index (Phi) is 5.45. The molecular weight excluding hydrogens is 400 g/mol. The third-order valence-corrected chi connectivity index (χ3v) is 4.92. The van der Waals surface area contributed by atoms with E-state index < -0.39 is 0 Å². The molecule has 2 N–H and O–H groups in total. The topological polar surface area (TPSA) is 88.0 Å². The number of amides is 1. The molecule has 0 aliphatic carbocycles. The van der Waals surface area contributed by atoms with Crippen molar-refractivity contribution in [3.63, 3.8) is 0 Å². The van der Waals surface area contributed by atoms with E-state index in [1.54, 1.807) is 24.4 Å². The molecule has 8 heteroatoms. The summed E-state index contributed by atoms with van der Waals surface area (Å²) in [5.74, 6) is -0.385. The summed E-state index contributed by atoms with van der Waals surface area (Å²) < 4.78 is 1.85. The molecule has 0 radical (unpaired) electrons. The van der Waals surface area contributed by atoms with Gasteiger partial charge in [-0.15, -0.1) is 0 Å². The number of aromatic nitrogens is 4. The van der Waals surface area contributed by atoms with Crippen LogP contribution in [0.3, 0.4) is 0 Å². The number of hydrogen-bond donors (Lipinski definition) is 2. The minimum absolute atomic E-state index is 0.311. The number of halogens is 1. The Morgan fingerprint density at radius 2 is 1.87 bits per heavy atom. The lowest BCUT2D eigenvalue weighted by Gasteiger charge is -2.03. The summed E-state index contributed by atoms with van der Waals surface area (Å²) in [4.78, 5) is 12.4. The molecule has 0 aliphatic rings. The quantitative estimate of drug-likeness (QED) is 0.374. The van der Waals surface area contributed by atoms with Crippen molar-refractivity contribution in [2.24, 2.45) is 5.10 Å². The Labute approximate surface area is 178 Å². The molecule has 2 aromatic carbocycles. The number of benzene rings is 2. The number of nitrogens with zero attached hydrogens (tertiary/aromatic N) is 4. The van der Waals surface area contributed by atoms with Gasteiger partial charge in [0.05, 0.1) is 29.0 Å². The van der Waals surface area contributed by atoms with Gasteiger partial charge in [-0.2, -0.15) is 15.3 Å². The number of nitrogens with one attached hydrogen (secondary N) is 2. The predicted molar refractivity (Wildman–Crippen MR) is 117 cm³/mol. The number of para-hydroxylation sites is 1. The Hall–Kier alpha value is -3.71. The molecule has 0 bridgehead atoms. The monoisotopic (exact) mass is 418 g/mol. The number of hydrazone groups is 1. The molecule has 0 unspecified atom stereocenters. The summed E-state index contributed by atoms with van der Waals surface area (Å²) in [6.07, 6.45) is 1.60. The third kappa shape index (κ3) is 4.01. The maximum atomic E-state index is 12.4. The van der Waals surface area contributed by atoms with E-state index in [-0.39, 0.29) is 5.91 Å². The molecule has 0 saturated carbocycles. The molecule has 150 valence electrons. The predicted octanol–water partition coefficient (Wildman–Crippen LogP) is 4.30. The molecule has 4 aromatic rings. The Bertz CT molecular complexity index is 1210. The maximum absolute atomic E-state index is 12.4. The van der Waals surface area contributed by atoms with Crippen molar-refractivity contribution in [1.82, 2.24) is 25.4 Å². The lowest BCUT2D eigenvalue weighted by atomic mass is 10.1. The zero-order valence-electron chi connectivity index (χ0n) is 16.4. The lowest BCUT2D eigenvalue weighted by molar-refractivity contribution is 0.0950. The number of aromatic amines is 1. The van der Waals surface area contributed by atoms with E-state index in [0.717, 1.165) is 28.2 Å². The van der Waals surface area contributed by atoms with Crippen LogP contribution < -0.4 is 5.43 Å². The van der Waals surface area contributed by atoms with Gasteiger partial charge in [0.2, 0.25) is 0 Å². The Morgan fingerprint density at radius 1 is 1.13 bits per heavy atom. The van der Waals surface area contributed by atoms with Crippen molar-refractivity contribution < 1.29 is 4.79 Å². The first-order valence-electron chi connectivity index (χ1n) is 9.29. The normalized spacial score (nSPS) is 11.2. The van der Waals surface area contributed by atoms with Crippen LogP contribution in [-0.4, -0.2) is 32.1 Å². The molecule has 2 aromatic heterocycles. The van der Waals surface area contributed by atoms with Gasteiger partial charge in [-0.1, -0.05) is 41.9 Å². The summed E-state index contributed by atoms with van der Waals surface area (Å²) in [6, 6.07) is 18.7. The van der Waals surface area contributed by atoms with Crippen LogP contribution in [-0.2, 0) is 0 Å². The number of carbonyl (C=O) groups excluding carboxylic acids is 1. The van der Waals surface area contributed by atoms with Crippen molar-refractivity contribution >= 4 is 23.7 Å². The van der Waals surface area contributed by atoms with Gasteiger partial charge < -0.3 is 0 Å². The average molecular weight is 419 g/mol. The van der Waals surface area contributed by atoms with Gasteiger partial charge in [-0.3, -0.25) is 9.89 Å². The zero-order chi connectivity index (χ0) is 21.1. The number of carbonyl (C=O) groups is 1. The SMILES string of the molecule is Cc1nn(-c2ccccc2)c(C)c1C=NNC(=O)c1cc(-c2ccc(Cl)cc2)n[nH]1. The molecule has 0 saturated heterocycles. The van der Waals surface area contributed by atoms with Crippen molar-refractivity contribution in [2.45, 2.75) is 13.8 Å². The first-order valence-corrected chi connectivity index (χ1v) is 9.67. The molecule has 0 spiro atoms. The van der Waals surface area contributed by atoms with Gasteiger partial charge in [-0.05, 0) is 44.2 Å². The number of aryl methyl sites for hydroxylation is 1. The van der Waals surface area contributed by atoms with Crippen LogP contribution in [0.2, 0.25) is 5.02 Å². The van der Waals surface area contributed by atoms with Crippen LogP contribution >= 0.6 is 11.6 Å². The highest BCUT2D eigenvalue weighted by Crippen LogP contribution is 2.20. The Morgan fingerprint density at radius 3 is 2.60 bits per heavy atom. The summed E-state index contributed by atoms with van der Waals surface area (Å²) in [5.41, 5.74) is 7.92. The second-order valence-electron chi connectivity index (χ2n) is 6.70. The molecule has 30 heavy (non-hydrogen) atoms. The van der Waals surface area contributed by atoms with E-state index in [1.807, 2.05) is 61.0 Å². The maximum Gasteiger partial charge on any atom is 0.289 e. The summed E-state index contributed by atoms with van der Waals surface area (Å²) in [5, 5.41) is 16.2. The van der Waals surface area contributed by atoms with Crippen LogP contribution in [0.5, 0.6) is 0 Å². The minimum atomic E-state index is -0.385. The van der Waals surface area contributed by atoms with Crippen LogP contribution in [0.25, 0.3) is 16.9 Å². The number of rotatable bonds is 5. The smallest absolute Gasteiger partial charge is 0.272 e. The minimum Gasteiger partial charge on any atom is -0.272 e. The van der Waals surface area contributed by atoms with Gasteiger partial charge in [-0.25, -0.2) is 10.1 Å². The van der Waals surface area contributed by atoms with Crippen LogP contribution in [0, 0.1) is 13.8 Å². The van der Waals surface area contributed by atoms with Crippen LogP contribution in [0.4, 0.5) is 0 Å². The second kappa shape index (κ2) is 8.34.